The maximum absolute atomic E-state index is 12.0. The first-order valence-corrected chi connectivity index (χ1v) is 5.32. The normalized spacial score (nSPS) is 10.7. The van der Waals surface area contributed by atoms with Gasteiger partial charge in [0.25, 0.3) is 0 Å². The van der Waals surface area contributed by atoms with Gasteiger partial charge in [0.1, 0.15) is 6.54 Å². The molecule has 0 saturated carbocycles. The van der Waals surface area contributed by atoms with E-state index < -0.39 is 5.97 Å². The van der Waals surface area contributed by atoms with Crippen LogP contribution >= 0.6 is 0 Å². The Labute approximate surface area is 98.1 Å². The van der Waals surface area contributed by atoms with Gasteiger partial charge in [0.15, 0.2) is 5.43 Å². The fraction of sp³-hybridized carbons (Fsp3) is 0.231. The van der Waals surface area contributed by atoms with E-state index in [1.807, 2.05) is 19.1 Å². The van der Waals surface area contributed by atoms with Crippen LogP contribution in [0.25, 0.3) is 10.9 Å². The second-order valence-electron chi connectivity index (χ2n) is 4.13. The Balaban J connectivity index is 2.88. The second kappa shape index (κ2) is 4.05. The van der Waals surface area contributed by atoms with E-state index in [0.29, 0.717) is 16.5 Å². The molecule has 4 nitrogen and oxygen atoms in total. The minimum atomic E-state index is -0.919. The van der Waals surface area contributed by atoms with Crippen molar-refractivity contribution in [3.05, 3.63) is 45.7 Å². The molecular formula is C13H13NO3. The Bertz CT molecular complexity index is 655. The molecule has 0 fully saturated rings. The number of hydrogen-bond donors (Lipinski definition) is 1. The van der Waals surface area contributed by atoms with Gasteiger partial charge in [-0.25, -0.2) is 0 Å². The molecule has 0 aliphatic carbocycles. The standard InChI is InChI=1S/C13H13NO3/c1-8-4-3-5-10-12(8)14(7-11(15)16)6-9(2)13(10)17/h3-6H,7H2,1-2H3,(H,15,16). The third-order valence-electron chi connectivity index (χ3n) is 2.78. The molecule has 0 atom stereocenters. The average Bonchev–Trinajstić information content (AvgIpc) is 2.24. The number of aromatic nitrogens is 1. The molecule has 0 amide bonds. The molecule has 0 saturated heterocycles. The average molecular weight is 231 g/mol. The van der Waals surface area contributed by atoms with E-state index in [2.05, 4.69) is 0 Å². The zero-order valence-electron chi connectivity index (χ0n) is 9.73. The quantitative estimate of drug-likeness (QED) is 0.855. The van der Waals surface area contributed by atoms with Crippen molar-refractivity contribution in [1.82, 2.24) is 4.57 Å². The van der Waals surface area contributed by atoms with Gasteiger partial charge >= 0.3 is 5.97 Å². The Morgan fingerprint density at radius 2 is 2.00 bits per heavy atom. The van der Waals surface area contributed by atoms with Gasteiger partial charge in [-0.2, -0.15) is 0 Å². The van der Waals surface area contributed by atoms with E-state index in [4.69, 9.17) is 5.11 Å². The molecule has 1 N–H and O–H groups in total. The second-order valence-corrected chi connectivity index (χ2v) is 4.13. The topological polar surface area (TPSA) is 59.3 Å². The molecule has 0 aliphatic heterocycles. The fourth-order valence-corrected chi connectivity index (χ4v) is 2.06. The lowest BCUT2D eigenvalue weighted by Crippen LogP contribution is -2.16. The minimum Gasteiger partial charge on any atom is -0.480 e. The third-order valence-corrected chi connectivity index (χ3v) is 2.78. The lowest BCUT2D eigenvalue weighted by Gasteiger charge is -2.12. The zero-order valence-corrected chi connectivity index (χ0v) is 9.73. The van der Waals surface area contributed by atoms with Crippen LogP contribution in [0.1, 0.15) is 11.1 Å². The van der Waals surface area contributed by atoms with Gasteiger partial charge in [-0.15, -0.1) is 0 Å². The number of rotatable bonds is 2. The van der Waals surface area contributed by atoms with Crippen molar-refractivity contribution in [3.63, 3.8) is 0 Å². The summed E-state index contributed by atoms with van der Waals surface area (Å²) < 4.78 is 1.61. The maximum atomic E-state index is 12.0. The number of pyridine rings is 1. The van der Waals surface area contributed by atoms with Crippen molar-refractivity contribution in [2.45, 2.75) is 20.4 Å². The number of hydrogen-bond acceptors (Lipinski definition) is 2. The molecule has 1 heterocycles. The number of fused-ring (bicyclic) bond motifs is 1. The van der Waals surface area contributed by atoms with E-state index in [9.17, 15) is 9.59 Å². The van der Waals surface area contributed by atoms with Crippen LogP contribution < -0.4 is 5.43 Å². The van der Waals surface area contributed by atoms with Crippen molar-refractivity contribution in [2.75, 3.05) is 0 Å². The van der Waals surface area contributed by atoms with E-state index in [-0.39, 0.29) is 12.0 Å². The largest absolute Gasteiger partial charge is 0.480 e. The van der Waals surface area contributed by atoms with E-state index in [0.717, 1.165) is 5.56 Å². The Hall–Kier alpha value is -2.10. The highest BCUT2D eigenvalue weighted by Gasteiger charge is 2.10. The maximum Gasteiger partial charge on any atom is 0.323 e. The first-order chi connectivity index (χ1) is 8.00. The van der Waals surface area contributed by atoms with Crippen molar-refractivity contribution < 1.29 is 9.90 Å². The summed E-state index contributed by atoms with van der Waals surface area (Å²) in [6.45, 7) is 3.43. The minimum absolute atomic E-state index is 0.0367. The van der Waals surface area contributed by atoms with Crippen LogP contribution in [0.4, 0.5) is 0 Å². The summed E-state index contributed by atoms with van der Waals surface area (Å²) in [5, 5.41) is 9.45. The van der Waals surface area contributed by atoms with Gasteiger partial charge in [-0.1, -0.05) is 12.1 Å². The number of nitrogens with zero attached hydrogens (tertiary/aromatic N) is 1. The predicted molar refractivity (Wildman–Crippen MR) is 65.3 cm³/mol. The molecule has 2 aromatic rings. The first kappa shape index (κ1) is 11.4. The molecule has 0 radical (unpaired) electrons. The number of para-hydroxylation sites is 1. The van der Waals surface area contributed by atoms with E-state index >= 15 is 0 Å². The summed E-state index contributed by atoms with van der Waals surface area (Å²) >= 11 is 0. The van der Waals surface area contributed by atoms with E-state index in [1.54, 1.807) is 23.8 Å². The third kappa shape index (κ3) is 1.93. The number of carboxylic acid groups (broad SMARTS) is 1. The monoisotopic (exact) mass is 231 g/mol. The molecule has 2 rings (SSSR count). The Morgan fingerprint density at radius 1 is 1.29 bits per heavy atom. The van der Waals surface area contributed by atoms with Gasteiger partial charge in [0.05, 0.1) is 5.52 Å². The highest BCUT2D eigenvalue weighted by molar-refractivity contribution is 5.83. The highest BCUT2D eigenvalue weighted by atomic mass is 16.4. The molecule has 0 unspecified atom stereocenters. The molecule has 0 bridgehead atoms. The smallest absolute Gasteiger partial charge is 0.323 e. The summed E-state index contributed by atoms with van der Waals surface area (Å²) in [5.74, 6) is -0.919. The molecule has 1 aromatic carbocycles. The number of aliphatic carboxylic acids is 1. The molecule has 0 spiro atoms. The predicted octanol–water partition coefficient (Wildman–Crippen LogP) is 1.70. The number of aryl methyl sites for hydroxylation is 2. The van der Waals surface area contributed by atoms with Crippen molar-refractivity contribution in [3.8, 4) is 0 Å². The van der Waals surface area contributed by atoms with Crippen molar-refractivity contribution >= 4 is 16.9 Å². The molecule has 17 heavy (non-hydrogen) atoms. The SMILES string of the molecule is Cc1cn(CC(=O)O)c2c(C)cccc2c1=O. The summed E-state index contributed by atoms with van der Waals surface area (Å²) in [7, 11) is 0. The van der Waals surface area contributed by atoms with Crippen LogP contribution in [0.3, 0.4) is 0 Å². The molecule has 4 heteroatoms. The van der Waals surface area contributed by atoms with Crippen LogP contribution in [-0.2, 0) is 11.3 Å². The zero-order chi connectivity index (χ0) is 12.6. The first-order valence-electron chi connectivity index (χ1n) is 5.32. The van der Waals surface area contributed by atoms with Gasteiger partial charge in [0.2, 0.25) is 0 Å². The van der Waals surface area contributed by atoms with Gasteiger partial charge in [-0.3, -0.25) is 9.59 Å². The summed E-state index contributed by atoms with van der Waals surface area (Å²) in [5.41, 5.74) is 2.13. The van der Waals surface area contributed by atoms with Crippen molar-refractivity contribution in [2.24, 2.45) is 0 Å². The summed E-state index contributed by atoms with van der Waals surface area (Å²) in [6, 6.07) is 5.41. The number of carboxylic acids is 1. The van der Waals surface area contributed by atoms with E-state index in [1.165, 1.54) is 0 Å². The summed E-state index contributed by atoms with van der Waals surface area (Å²) in [4.78, 5) is 22.8. The molecule has 1 aromatic heterocycles. The fourth-order valence-electron chi connectivity index (χ4n) is 2.06. The van der Waals surface area contributed by atoms with Crippen molar-refractivity contribution in [1.29, 1.82) is 0 Å². The van der Waals surface area contributed by atoms with Crippen LogP contribution in [0, 0.1) is 13.8 Å². The molecular weight excluding hydrogens is 218 g/mol. The Morgan fingerprint density at radius 3 is 2.65 bits per heavy atom. The van der Waals surface area contributed by atoms with Gasteiger partial charge < -0.3 is 9.67 Å². The number of carbonyl (C=O) groups is 1. The van der Waals surface area contributed by atoms with Crippen LogP contribution in [-0.4, -0.2) is 15.6 Å². The molecule has 88 valence electrons. The van der Waals surface area contributed by atoms with Crippen LogP contribution in [0.2, 0.25) is 0 Å². The van der Waals surface area contributed by atoms with Crippen LogP contribution in [0.5, 0.6) is 0 Å². The summed E-state index contributed by atoms with van der Waals surface area (Å²) in [6.07, 6.45) is 1.60. The van der Waals surface area contributed by atoms with Gasteiger partial charge in [-0.05, 0) is 25.5 Å². The molecule has 0 aliphatic rings. The number of benzene rings is 1. The van der Waals surface area contributed by atoms with Crippen LogP contribution in [0.15, 0.2) is 29.2 Å². The lowest BCUT2D eigenvalue weighted by molar-refractivity contribution is -0.137. The lowest BCUT2D eigenvalue weighted by atomic mass is 10.1. The van der Waals surface area contributed by atoms with Gasteiger partial charge in [0, 0.05) is 17.1 Å². The highest BCUT2D eigenvalue weighted by Crippen LogP contribution is 2.16. The Kier molecular flexibility index (Phi) is 2.71.